The SMILES string of the molecule is C=C1CC[C@](O)(ON)C/C1=C/C=C1\CCC[C@@]2(C)C1CC[C@@H]2[C@H](C)CCCC(C)(C)O. The van der Waals surface area contributed by atoms with Gasteiger partial charge in [0.25, 0.3) is 0 Å². The predicted octanol–water partition coefficient (Wildman–Crippen LogP) is 5.95. The largest absolute Gasteiger partial charge is 0.390 e. The molecule has 0 aromatic rings. The summed E-state index contributed by atoms with van der Waals surface area (Å²) in [4.78, 5) is 4.87. The van der Waals surface area contributed by atoms with E-state index >= 15 is 0 Å². The molecule has 0 spiro atoms. The van der Waals surface area contributed by atoms with Gasteiger partial charge in [0.1, 0.15) is 0 Å². The molecule has 3 saturated carbocycles. The van der Waals surface area contributed by atoms with E-state index in [0.717, 1.165) is 29.9 Å². The molecule has 0 bridgehead atoms. The second kappa shape index (κ2) is 9.51. The van der Waals surface area contributed by atoms with Crippen LogP contribution < -0.4 is 5.90 Å². The first kappa shape index (κ1) is 24.7. The van der Waals surface area contributed by atoms with Gasteiger partial charge < -0.3 is 10.2 Å². The van der Waals surface area contributed by atoms with E-state index in [-0.39, 0.29) is 0 Å². The van der Waals surface area contributed by atoms with Crippen molar-refractivity contribution in [1.29, 1.82) is 0 Å². The van der Waals surface area contributed by atoms with Gasteiger partial charge in [0.05, 0.1) is 5.60 Å². The molecule has 0 heterocycles. The van der Waals surface area contributed by atoms with Crippen LogP contribution in [0.15, 0.2) is 35.5 Å². The van der Waals surface area contributed by atoms with Crippen molar-refractivity contribution in [2.75, 3.05) is 0 Å². The number of aliphatic hydroxyl groups is 2. The maximum atomic E-state index is 10.4. The molecule has 0 saturated heterocycles. The van der Waals surface area contributed by atoms with E-state index in [2.05, 4.69) is 32.6 Å². The maximum absolute atomic E-state index is 10.4. The Bertz CT molecular complexity index is 718. The molecule has 0 aliphatic heterocycles. The average molecular weight is 432 g/mol. The Balaban J connectivity index is 1.71. The van der Waals surface area contributed by atoms with E-state index in [1.54, 1.807) is 5.57 Å². The molecule has 0 aromatic heterocycles. The monoisotopic (exact) mass is 431 g/mol. The highest BCUT2D eigenvalue weighted by atomic mass is 16.7. The van der Waals surface area contributed by atoms with E-state index in [9.17, 15) is 10.2 Å². The molecular formula is C27H45NO3. The van der Waals surface area contributed by atoms with Gasteiger partial charge >= 0.3 is 0 Å². The Labute approximate surface area is 189 Å². The minimum Gasteiger partial charge on any atom is -0.390 e. The van der Waals surface area contributed by atoms with Crippen molar-refractivity contribution < 1.29 is 15.1 Å². The van der Waals surface area contributed by atoms with Crippen molar-refractivity contribution in [1.82, 2.24) is 0 Å². The number of fused-ring (bicyclic) bond motifs is 1. The Kier molecular flexibility index (Phi) is 7.57. The first-order valence-corrected chi connectivity index (χ1v) is 12.4. The fourth-order valence-corrected chi connectivity index (χ4v) is 6.77. The zero-order valence-corrected chi connectivity index (χ0v) is 20.3. The van der Waals surface area contributed by atoms with Crippen LogP contribution in [0.25, 0.3) is 0 Å². The third kappa shape index (κ3) is 5.71. The molecule has 4 N–H and O–H groups in total. The highest BCUT2D eigenvalue weighted by molar-refractivity contribution is 5.37. The number of nitrogens with two attached hydrogens (primary N) is 1. The van der Waals surface area contributed by atoms with E-state index < -0.39 is 11.4 Å². The van der Waals surface area contributed by atoms with Gasteiger partial charge in [0, 0.05) is 12.8 Å². The zero-order chi connectivity index (χ0) is 22.9. The summed E-state index contributed by atoms with van der Waals surface area (Å²) in [5.41, 5.74) is 3.54. The maximum Gasteiger partial charge on any atom is 0.189 e. The minimum absolute atomic E-state index is 0.376. The van der Waals surface area contributed by atoms with E-state index in [4.69, 9.17) is 10.7 Å². The second-order valence-electron chi connectivity index (χ2n) is 11.6. The van der Waals surface area contributed by atoms with Crippen molar-refractivity contribution >= 4 is 0 Å². The molecule has 0 radical (unpaired) electrons. The van der Waals surface area contributed by atoms with Gasteiger partial charge in [0.15, 0.2) is 5.79 Å². The number of hydrogen-bond donors (Lipinski definition) is 3. The van der Waals surface area contributed by atoms with Gasteiger partial charge in [-0.1, -0.05) is 56.6 Å². The van der Waals surface area contributed by atoms with Gasteiger partial charge in [-0.3, -0.25) is 4.84 Å². The Hall–Kier alpha value is -0.940. The summed E-state index contributed by atoms with van der Waals surface area (Å²) < 4.78 is 0. The van der Waals surface area contributed by atoms with Gasteiger partial charge in [-0.25, -0.2) is 5.90 Å². The summed E-state index contributed by atoms with van der Waals surface area (Å²) in [6.45, 7) is 13.0. The summed E-state index contributed by atoms with van der Waals surface area (Å²) in [6.07, 6.45) is 15.7. The normalized spacial score (nSPS) is 38.0. The van der Waals surface area contributed by atoms with E-state index in [0.29, 0.717) is 36.5 Å². The predicted molar refractivity (Wildman–Crippen MR) is 127 cm³/mol. The summed E-state index contributed by atoms with van der Waals surface area (Å²) in [6, 6.07) is 0. The van der Waals surface area contributed by atoms with Crippen molar-refractivity contribution in [3.63, 3.8) is 0 Å². The molecule has 31 heavy (non-hydrogen) atoms. The average Bonchev–Trinajstić information content (AvgIpc) is 3.05. The first-order valence-electron chi connectivity index (χ1n) is 12.4. The lowest BCUT2D eigenvalue weighted by atomic mass is 9.60. The van der Waals surface area contributed by atoms with Crippen LogP contribution in [0.5, 0.6) is 0 Å². The topological polar surface area (TPSA) is 75.7 Å². The van der Waals surface area contributed by atoms with Crippen LogP contribution in [-0.4, -0.2) is 21.6 Å². The molecule has 176 valence electrons. The smallest absolute Gasteiger partial charge is 0.189 e. The molecule has 3 aliphatic carbocycles. The lowest BCUT2D eigenvalue weighted by molar-refractivity contribution is -0.212. The molecule has 4 nitrogen and oxygen atoms in total. The standard InChI is InChI=1S/C27H45NO3/c1-19-14-17-27(30,31-28)18-22(19)11-10-21-9-7-16-26(5)23(12-13-24(21)26)20(2)8-6-15-25(3,4)29/h10-11,20,23-24,29-30H,1,6-9,12-18,28H2,2-5H3/b21-10+,22-11-/t20-,23-,24?,26-,27+/m1/s1. The van der Waals surface area contributed by atoms with Crippen LogP contribution in [-0.2, 0) is 4.84 Å². The Morgan fingerprint density at radius 2 is 2.00 bits per heavy atom. The minimum atomic E-state index is -1.26. The zero-order valence-electron chi connectivity index (χ0n) is 20.3. The van der Waals surface area contributed by atoms with Crippen LogP contribution in [0.3, 0.4) is 0 Å². The molecule has 3 rings (SSSR count). The third-order valence-corrected chi connectivity index (χ3v) is 8.63. The van der Waals surface area contributed by atoms with Crippen LogP contribution in [0.2, 0.25) is 0 Å². The van der Waals surface area contributed by atoms with Crippen LogP contribution in [0, 0.1) is 23.2 Å². The fraction of sp³-hybridized carbons (Fsp3) is 0.778. The third-order valence-electron chi connectivity index (χ3n) is 8.63. The molecule has 3 fully saturated rings. The number of hydrogen-bond acceptors (Lipinski definition) is 4. The van der Waals surface area contributed by atoms with Gasteiger partial charge in [0.2, 0.25) is 0 Å². The van der Waals surface area contributed by atoms with Crippen LogP contribution in [0.1, 0.15) is 98.3 Å². The quantitative estimate of drug-likeness (QED) is 0.344. The highest BCUT2D eigenvalue weighted by Gasteiger charge is 2.50. The summed E-state index contributed by atoms with van der Waals surface area (Å²) in [5, 5.41) is 20.5. The Morgan fingerprint density at radius 1 is 1.26 bits per heavy atom. The van der Waals surface area contributed by atoms with Crippen LogP contribution >= 0.6 is 0 Å². The molecule has 0 amide bonds. The van der Waals surface area contributed by atoms with Crippen molar-refractivity contribution in [3.05, 3.63) is 35.5 Å². The number of allylic oxidation sites excluding steroid dienone is 4. The van der Waals surface area contributed by atoms with Gasteiger partial charge in [-0.2, -0.15) is 0 Å². The summed E-state index contributed by atoms with van der Waals surface area (Å²) >= 11 is 0. The molecule has 0 aromatic carbocycles. The second-order valence-corrected chi connectivity index (χ2v) is 11.6. The fourth-order valence-electron chi connectivity index (χ4n) is 6.77. The summed E-state index contributed by atoms with van der Waals surface area (Å²) in [5.74, 6) is 6.19. The molecule has 4 heteroatoms. The Morgan fingerprint density at radius 3 is 2.68 bits per heavy atom. The van der Waals surface area contributed by atoms with Crippen molar-refractivity contribution in [3.8, 4) is 0 Å². The van der Waals surface area contributed by atoms with Crippen molar-refractivity contribution in [2.45, 2.75) is 110 Å². The summed E-state index contributed by atoms with van der Waals surface area (Å²) in [7, 11) is 0. The van der Waals surface area contributed by atoms with Gasteiger partial charge in [-0.15, -0.1) is 0 Å². The first-order chi connectivity index (χ1) is 14.5. The molecule has 3 aliphatic rings. The van der Waals surface area contributed by atoms with Crippen LogP contribution in [0.4, 0.5) is 0 Å². The van der Waals surface area contributed by atoms with E-state index in [1.807, 2.05) is 13.8 Å². The highest BCUT2D eigenvalue weighted by Crippen LogP contribution is 2.60. The number of rotatable bonds is 7. The molecule has 1 unspecified atom stereocenters. The molecular weight excluding hydrogens is 386 g/mol. The van der Waals surface area contributed by atoms with E-state index in [1.165, 1.54) is 38.5 Å². The lowest BCUT2D eigenvalue weighted by Gasteiger charge is -2.44. The van der Waals surface area contributed by atoms with Crippen molar-refractivity contribution in [2.24, 2.45) is 29.1 Å². The van der Waals surface area contributed by atoms with Gasteiger partial charge in [-0.05, 0) is 87.5 Å². The lowest BCUT2D eigenvalue weighted by Crippen LogP contribution is -2.38. The molecule has 5 atom stereocenters.